The van der Waals surface area contributed by atoms with Gasteiger partial charge in [-0.3, -0.25) is 4.79 Å². The fourth-order valence-electron chi connectivity index (χ4n) is 2.65. The molecule has 1 heterocycles. The minimum absolute atomic E-state index is 0.265. The van der Waals surface area contributed by atoms with E-state index in [9.17, 15) is 4.79 Å². The second kappa shape index (κ2) is 8.10. The van der Waals surface area contributed by atoms with E-state index in [4.69, 9.17) is 21.1 Å². The Morgan fingerprint density at radius 1 is 1.07 bits per heavy atom. The Morgan fingerprint density at radius 2 is 1.78 bits per heavy atom. The van der Waals surface area contributed by atoms with Crippen LogP contribution >= 0.6 is 11.6 Å². The van der Waals surface area contributed by atoms with Crippen molar-refractivity contribution in [1.82, 2.24) is 4.98 Å². The number of aryl methyl sites for hydroxylation is 1. The number of anilines is 1. The Hall–Kier alpha value is -3.05. The molecule has 0 fully saturated rings. The number of fused-ring (bicyclic) bond motifs is 1. The molecule has 1 amide bonds. The standard InChI is InChI=1S/C21H19ClN2O3/c1-13-10-19(26-2)20(27-3)12-17(13)24-21(25)9-8-16-7-5-14-4-6-15(22)11-18(14)23-16/h4-12H,1-3H3,(H,24,25)/b9-8+. The predicted molar refractivity (Wildman–Crippen MR) is 109 cm³/mol. The van der Waals surface area contributed by atoms with Crippen LogP contribution in [0.1, 0.15) is 11.3 Å². The van der Waals surface area contributed by atoms with Crippen LogP contribution in [0.2, 0.25) is 5.02 Å². The minimum Gasteiger partial charge on any atom is -0.493 e. The Bertz CT molecular complexity index is 1030. The lowest BCUT2D eigenvalue weighted by Crippen LogP contribution is -2.09. The van der Waals surface area contributed by atoms with Gasteiger partial charge in [-0.15, -0.1) is 0 Å². The second-order valence-corrected chi connectivity index (χ2v) is 6.35. The van der Waals surface area contributed by atoms with Crippen molar-refractivity contribution in [3.05, 3.63) is 64.8 Å². The fraction of sp³-hybridized carbons (Fsp3) is 0.143. The number of hydrogen-bond donors (Lipinski definition) is 1. The van der Waals surface area contributed by atoms with Crippen LogP contribution in [0.25, 0.3) is 17.0 Å². The molecular weight excluding hydrogens is 364 g/mol. The van der Waals surface area contributed by atoms with Gasteiger partial charge in [0.15, 0.2) is 11.5 Å². The van der Waals surface area contributed by atoms with E-state index in [0.717, 1.165) is 16.5 Å². The third-order valence-electron chi connectivity index (χ3n) is 4.07. The highest BCUT2D eigenvalue weighted by atomic mass is 35.5. The summed E-state index contributed by atoms with van der Waals surface area (Å²) >= 11 is 6.01. The molecule has 27 heavy (non-hydrogen) atoms. The number of pyridine rings is 1. The monoisotopic (exact) mass is 382 g/mol. The largest absolute Gasteiger partial charge is 0.493 e. The quantitative estimate of drug-likeness (QED) is 0.640. The summed E-state index contributed by atoms with van der Waals surface area (Å²) < 4.78 is 10.5. The van der Waals surface area contributed by atoms with Gasteiger partial charge in [-0.2, -0.15) is 0 Å². The van der Waals surface area contributed by atoms with Crippen molar-refractivity contribution < 1.29 is 14.3 Å². The van der Waals surface area contributed by atoms with E-state index in [-0.39, 0.29) is 5.91 Å². The average molecular weight is 383 g/mol. The summed E-state index contributed by atoms with van der Waals surface area (Å²) in [6, 6.07) is 12.9. The van der Waals surface area contributed by atoms with Crippen LogP contribution in [0.4, 0.5) is 5.69 Å². The number of methoxy groups -OCH3 is 2. The summed E-state index contributed by atoms with van der Waals surface area (Å²) in [6.45, 7) is 1.88. The molecule has 0 bridgehead atoms. The van der Waals surface area contributed by atoms with Gasteiger partial charge < -0.3 is 14.8 Å². The zero-order valence-corrected chi connectivity index (χ0v) is 16.0. The molecule has 6 heteroatoms. The van der Waals surface area contributed by atoms with Gasteiger partial charge in [0, 0.05) is 28.2 Å². The molecule has 138 valence electrons. The molecule has 0 aliphatic rings. The first-order valence-electron chi connectivity index (χ1n) is 8.28. The summed E-state index contributed by atoms with van der Waals surface area (Å²) in [6.07, 6.45) is 3.10. The van der Waals surface area contributed by atoms with Crippen molar-refractivity contribution in [2.45, 2.75) is 6.92 Å². The van der Waals surface area contributed by atoms with E-state index in [1.807, 2.05) is 37.3 Å². The SMILES string of the molecule is COc1cc(C)c(NC(=O)/C=C/c2ccc3ccc(Cl)cc3n2)cc1OC. The van der Waals surface area contributed by atoms with E-state index in [0.29, 0.717) is 27.9 Å². The number of nitrogens with one attached hydrogen (secondary N) is 1. The first kappa shape index (κ1) is 18.7. The lowest BCUT2D eigenvalue weighted by molar-refractivity contribution is -0.111. The van der Waals surface area contributed by atoms with Gasteiger partial charge in [0.1, 0.15) is 0 Å². The van der Waals surface area contributed by atoms with Crippen LogP contribution in [-0.4, -0.2) is 25.1 Å². The summed E-state index contributed by atoms with van der Waals surface area (Å²) in [7, 11) is 3.12. The number of halogens is 1. The van der Waals surface area contributed by atoms with E-state index in [1.54, 1.807) is 32.4 Å². The van der Waals surface area contributed by atoms with Crippen molar-refractivity contribution in [2.75, 3.05) is 19.5 Å². The average Bonchev–Trinajstić information content (AvgIpc) is 2.67. The molecule has 3 rings (SSSR count). The van der Waals surface area contributed by atoms with Crippen molar-refractivity contribution >= 4 is 40.2 Å². The molecule has 2 aromatic carbocycles. The molecule has 0 spiro atoms. The summed E-state index contributed by atoms with van der Waals surface area (Å²) in [5.74, 6) is 0.899. The van der Waals surface area contributed by atoms with Crippen LogP contribution in [0, 0.1) is 6.92 Å². The normalized spacial score (nSPS) is 11.0. The number of rotatable bonds is 5. The summed E-state index contributed by atoms with van der Waals surface area (Å²) in [5, 5.41) is 4.45. The van der Waals surface area contributed by atoms with Crippen LogP contribution < -0.4 is 14.8 Å². The van der Waals surface area contributed by atoms with E-state index in [1.165, 1.54) is 6.08 Å². The number of nitrogens with zero attached hydrogens (tertiary/aromatic N) is 1. The summed E-state index contributed by atoms with van der Waals surface area (Å²) in [4.78, 5) is 16.8. The lowest BCUT2D eigenvalue weighted by atomic mass is 10.1. The van der Waals surface area contributed by atoms with Gasteiger partial charge in [0.2, 0.25) is 5.91 Å². The molecule has 0 aliphatic carbocycles. The van der Waals surface area contributed by atoms with E-state index >= 15 is 0 Å². The molecule has 3 aromatic rings. The third kappa shape index (κ3) is 4.38. The zero-order valence-electron chi connectivity index (χ0n) is 15.2. The molecule has 0 aliphatic heterocycles. The predicted octanol–water partition coefficient (Wildman–Crippen LogP) is 4.87. The number of ether oxygens (including phenoxy) is 2. The first-order chi connectivity index (χ1) is 13.0. The summed E-state index contributed by atoms with van der Waals surface area (Å²) in [5.41, 5.74) is 2.97. The Balaban J connectivity index is 1.77. The molecular formula is C21H19ClN2O3. The number of carbonyl (C=O) groups is 1. The van der Waals surface area contributed by atoms with Crippen LogP contribution in [0.3, 0.4) is 0 Å². The first-order valence-corrected chi connectivity index (χ1v) is 8.66. The highest BCUT2D eigenvalue weighted by Crippen LogP contribution is 2.32. The molecule has 0 radical (unpaired) electrons. The van der Waals surface area contributed by atoms with Crippen LogP contribution in [0.15, 0.2) is 48.5 Å². The number of hydrogen-bond acceptors (Lipinski definition) is 4. The Kier molecular flexibility index (Phi) is 5.62. The van der Waals surface area contributed by atoms with Gasteiger partial charge in [0.25, 0.3) is 0 Å². The molecule has 5 nitrogen and oxygen atoms in total. The molecule has 0 saturated carbocycles. The highest BCUT2D eigenvalue weighted by Gasteiger charge is 2.10. The van der Waals surface area contributed by atoms with Crippen LogP contribution in [0.5, 0.6) is 11.5 Å². The van der Waals surface area contributed by atoms with Gasteiger partial charge in [0.05, 0.1) is 25.4 Å². The van der Waals surface area contributed by atoms with Gasteiger partial charge in [-0.1, -0.05) is 23.7 Å². The number of benzene rings is 2. The number of carbonyl (C=O) groups excluding carboxylic acids is 1. The number of amides is 1. The smallest absolute Gasteiger partial charge is 0.248 e. The highest BCUT2D eigenvalue weighted by molar-refractivity contribution is 6.31. The second-order valence-electron chi connectivity index (χ2n) is 5.92. The van der Waals surface area contributed by atoms with Crippen molar-refractivity contribution in [3.8, 4) is 11.5 Å². The fourth-order valence-corrected chi connectivity index (χ4v) is 2.82. The van der Waals surface area contributed by atoms with Gasteiger partial charge in [-0.25, -0.2) is 4.98 Å². The third-order valence-corrected chi connectivity index (χ3v) is 4.30. The van der Waals surface area contributed by atoms with Crippen molar-refractivity contribution in [3.63, 3.8) is 0 Å². The zero-order chi connectivity index (χ0) is 19.4. The topological polar surface area (TPSA) is 60.5 Å². The Morgan fingerprint density at radius 3 is 2.52 bits per heavy atom. The van der Waals surface area contributed by atoms with Gasteiger partial charge >= 0.3 is 0 Å². The maximum Gasteiger partial charge on any atom is 0.248 e. The minimum atomic E-state index is -0.265. The molecule has 0 saturated heterocycles. The molecule has 0 atom stereocenters. The maximum atomic E-state index is 12.3. The Labute approximate surface area is 162 Å². The van der Waals surface area contributed by atoms with Gasteiger partial charge in [-0.05, 0) is 42.8 Å². The van der Waals surface area contributed by atoms with E-state index in [2.05, 4.69) is 10.3 Å². The van der Waals surface area contributed by atoms with E-state index < -0.39 is 0 Å². The molecule has 1 N–H and O–H groups in total. The van der Waals surface area contributed by atoms with Crippen molar-refractivity contribution in [1.29, 1.82) is 0 Å². The lowest BCUT2D eigenvalue weighted by Gasteiger charge is -2.12. The molecule has 1 aromatic heterocycles. The number of aromatic nitrogens is 1. The van der Waals surface area contributed by atoms with Crippen LogP contribution in [-0.2, 0) is 4.79 Å². The maximum absolute atomic E-state index is 12.3. The van der Waals surface area contributed by atoms with Crippen molar-refractivity contribution in [2.24, 2.45) is 0 Å². The molecule has 0 unspecified atom stereocenters.